The zero-order valence-corrected chi connectivity index (χ0v) is 12.7. The lowest BCUT2D eigenvalue weighted by atomic mass is 16.0. The lowest BCUT2D eigenvalue weighted by molar-refractivity contribution is 0.823. The molecule has 0 bridgehead atoms. The highest BCUT2D eigenvalue weighted by atomic mass is 28.1. The first kappa shape index (κ1) is 823. The van der Waals surface area contributed by atoms with Gasteiger partial charge in [0.2, 0.25) is 0 Å². The molecule has 0 atom stereocenters. The highest BCUT2D eigenvalue weighted by Crippen LogP contribution is -0.282. The van der Waals surface area contributed by atoms with Gasteiger partial charge in [0.1, 0.15) is 0 Å². The van der Waals surface area contributed by atoms with Crippen molar-refractivity contribution in [3.8, 4) is 0 Å². The monoisotopic (exact) mass is 276 g/mol. The van der Waals surface area contributed by atoms with Gasteiger partial charge < -0.3 is 43.8 Å². The largest absolute Gasteiger partial charge is 0.412 e. The average Bonchev–Trinajstić information content (AvgIpc) is 0. The summed E-state index contributed by atoms with van der Waals surface area (Å²) in [5.41, 5.74) is 0. The first-order valence-corrected chi connectivity index (χ1v) is 0. The maximum Gasteiger partial charge on any atom is 0 e. The predicted molar refractivity (Wildman–Crippen MR) is 57.7 cm³/mol. The van der Waals surface area contributed by atoms with Gasteiger partial charge in [-0.3, -0.25) is 0 Å². The van der Waals surface area contributed by atoms with Gasteiger partial charge in [0, 0.05) is 79.0 Å². The third-order valence-corrected chi connectivity index (χ3v) is 0. The number of hydrogen-bond donors (Lipinski definition) is 0. The molecule has 0 fully saturated rings. The van der Waals surface area contributed by atoms with E-state index in [1.165, 1.54) is 0 Å². The summed E-state index contributed by atoms with van der Waals surface area (Å²) in [6, 6.07) is 0. The Balaban J connectivity index is 0. The van der Waals surface area contributed by atoms with Crippen LogP contribution in [0.3, 0.4) is 0 Å². The lowest BCUT2D eigenvalue weighted by Crippen LogP contribution is -0.382. The van der Waals surface area contributed by atoms with Gasteiger partial charge in [-0.25, -0.2) is 0 Å². The van der Waals surface area contributed by atoms with Crippen molar-refractivity contribution in [2.24, 2.45) is 0 Å². The zero-order valence-electron chi connectivity index (χ0n) is 6.91. The number of hydrogen-bond acceptors (Lipinski definition) is 0. The molecule has 16 radical (unpaired) electrons. The van der Waals surface area contributed by atoms with E-state index in [0.29, 0.717) is 0 Å². The summed E-state index contributed by atoms with van der Waals surface area (Å²) in [5, 5.41) is 0. The molecular weight excluding hydrogens is 261 g/mol. The van der Waals surface area contributed by atoms with Crippen LogP contribution >= 0.6 is 0 Å². The zero-order chi connectivity index (χ0) is 0. The highest BCUT2D eigenvalue weighted by Gasteiger charge is 0.00410. The second-order valence-electron chi connectivity index (χ2n) is 0. The molecule has 13 heteroatoms. The van der Waals surface area contributed by atoms with Crippen LogP contribution in [0.2, 0.25) is 0 Å². The Morgan fingerprint density at radius 3 is 0.231 bits per heavy atom. The summed E-state index contributed by atoms with van der Waals surface area (Å²) in [7, 11) is 0. The van der Waals surface area contributed by atoms with Crippen molar-refractivity contribution in [3.63, 3.8) is 0 Å². The fourth-order valence-corrected chi connectivity index (χ4v) is 0. The van der Waals surface area contributed by atoms with Gasteiger partial charge in [-0.1, -0.05) is 0 Å². The molecule has 0 aromatic carbocycles. The van der Waals surface area contributed by atoms with E-state index < -0.39 is 0 Å². The Morgan fingerprint density at radius 2 is 0.231 bits per heavy atom. The molecule has 0 spiro atoms. The van der Waals surface area contributed by atoms with E-state index in [9.17, 15) is 0 Å². The standard InChI is InChI=1S/2Mg.8H2O.3Si/h;;8*1H2;;;. The topological polar surface area (TPSA) is 252 Å². The second-order valence-corrected chi connectivity index (χ2v) is 0. The summed E-state index contributed by atoms with van der Waals surface area (Å²) in [6.45, 7) is 0. The normalized spacial score (nSPS) is 0. The van der Waals surface area contributed by atoms with Crippen molar-refractivity contribution >= 4 is 79.0 Å². The van der Waals surface area contributed by atoms with Crippen LogP contribution in [-0.2, 0) is 0 Å². The van der Waals surface area contributed by atoms with Crippen molar-refractivity contribution < 1.29 is 43.8 Å². The summed E-state index contributed by atoms with van der Waals surface area (Å²) in [4.78, 5) is 0. The van der Waals surface area contributed by atoms with Crippen LogP contribution in [-0.4, -0.2) is 123 Å². The molecule has 16 N–H and O–H groups in total. The van der Waals surface area contributed by atoms with Crippen molar-refractivity contribution in [3.05, 3.63) is 0 Å². The number of rotatable bonds is 0. The first-order valence-electron chi connectivity index (χ1n) is 0. The lowest BCUT2D eigenvalue weighted by Gasteiger charge is -0.413. The molecule has 0 aromatic rings. The molecule has 0 aromatic heterocycles. The van der Waals surface area contributed by atoms with Gasteiger partial charge in [-0.15, -0.1) is 0 Å². The Kier molecular flexibility index (Phi) is 41800. The minimum atomic E-state index is 0. The molecular formula is H16Mg2O8Si3. The summed E-state index contributed by atoms with van der Waals surface area (Å²) >= 11 is 0. The van der Waals surface area contributed by atoms with E-state index in [1.54, 1.807) is 0 Å². The van der Waals surface area contributed by atoms with Crippen molar-refractivity contribution in [2.45, 2.75) is 0 Å². The highest BCUT2D eigenvalue weighted by molar-refractivity contribution is 5.76. The molecule has 13 heavy (non-hydrogen) atoms. The fourth-order valence-electron chi connectivity index (χ4n) is 0. The van der Waals surface area contributed by atoms with Crippen molar-refractivity contribution in [1.29, 1.82) is 0 Å². The second kappa shape index (κ2) is 661. The van der Waals surface area contributed by atoms with Gasteiger partial charge in [0.15, 0.2) is 0 Å². The molecule has 0 aliphatic carbocycles. The van der Waals surface area contributed by atoms with Crippen molar-refractivity contribution in [1.82, 2.24) is 0 Å². The minimum absolute atomic E-state index is 0. The molecule has 0 heterocycles. The molecule has 0 aliphatic heterocycles. The summed E-state index contributed by atoms with van der Waals surface area (Å²) in [5.74, 6) is 0. The third kappa shape index (κ3) is 562. The van der Waals surface area contributed by atoms with Crippen LogP contribution in [0.1, 0.15) is 0 Å². The molecule has 0 rings (SSSR count). The molecule has 0 aliphatic rings. The van der Waals surface area contributed by atoms with Crippen LogP contribution in [0.4, 0.5) is 0 Å². The maximum atomic E-state index is 0. The average molecular weight is 277 g/mol. The van der Waals surface area contributed by atoms with Crippen LogP contribution in [0.5, 0.6) is 0 Å². The van der Waals surface area contributed by atoms with E-state index in [-0.39, 0.29) is 123 Å². The summed E-state index contributed by atoms with van der Waals surface area (Å²) in [6.07, 6.45) is 0. The smallest absolute Gasteiger partial charge is 0 e. The van der Waals surface area contributed by atoms with E-state index in [4.69, 9.17) is 0 Å². The van der Waals surface area contributed by atoms with Gasteiger partial charge in [0.25, 0.3) is 0 Å². The Hall–Kier alpha value is 1.86. The molecule has 0 amide bonds. The predicted octanol–water partition coefficient (Wildman–Crippen LogP) is -8.50. The van der Waals surface area contributed by atoms with Gasteiger partial charge in [-0.2, -0.15) is 0 Å². The first-order chi connectivity index (χ1) is 0. The van der Waals surface area contributed by atoms with E-state index in [2.05, 4.69) is 0 Å². The Bertz CT molecular complexity index is 17.4. The van der Waals surface area contributed by atoms with E-state index >= 15 is 0 Å². The van der Waals surface area contributed by atoms with Gasteiger partial charge in [-0.05, 0) is 0 Å². The SMILES string of the molecule is O.O.O.O.O.O.O.O.[Mg].[Mg].[Si].[Si].[Si]. The fraction of sp³-hybridized carbons (Fsp3) is 0. The Labute approximate surface area is 122 Å². The molecule has 0 unspecified atom stereocenters. The third-order valence-electron chi connectivity index (χ3n) is 0. The quantitative estimate of drug-likeness (QED) is 0.373. The molecule has 8 nitrogen and oxygen atoms in total. The molecule has 80 valence electrons. The van der Waals surface area contributed by atoms with Crippen molar-refractivity contribution in [2.75, 3.05) is 0 Å². The van der Waals surface area contributed by atoms with Gasteiger partial charge in [0.05, 0.1) is 0 Å². The molecule has 0 saturated carbocycles. The van der Waals surface area contributed by atoms with E-state index in [1.807, 2.05) is 0 Å². The van der Waals surface area contributed by atoms with Crippen LogP contribution < -0.4 is 0 Å². The maximum absolute atomic E-state index is 0. The van der Waals surface area contributed by atoms with Gasteiger partial charge >= 0.3 is 0 Å². The minimum Gasteiger partial charge on any atom is -0.412 e. The van der Waals surface area contributed by atoms with Crippen LogP contribution in [0.25, 0.3) is 0 Å². The van der Waals surface area contributed by atoms with Crippen LogP contribution in [0.15, 0.2) is 0 Å². The Morgan fingerprint density at radius 1 is 0.231 bits per heavy atom. The van der Waals surface area contributed by atoms with Crippen LogP contribution in [0, 0.1) is 0 Å². The molecule has 0 saturated heterocycles. The summed E-state index contributed by atoms with van der Waals surface area (Å²) < 4.78 is 0. The van der Waals surface area contributed by atoms with E-state index in [0.717, 1.165) is 0 Å².